The first-order valence-corrected chi connectivity index (χ1v) is 2.60. The Bertz CT molecular complexity index is 116. The van der Waals surface area contributed by atoms with Crippen molar-refractivity contribution < 1.29 is 20.2 Å². The Balaban J connectivity index is 4.12. The van der Waals surface area contributed by atoms with Crippen molar-refractivity contribution in [1.29, 1.82) is 0 Å². The van der Waals surface area contributed by atoms with Crippen molar-refractivity contribution in [1.82, 2.24) is 5.17 Å². The van der Waals surface area contributed by atoms with Gasteiger partial charge in [0, 0.05) is 0 Å². The predicted molar refractivity (Wildman–Crippen MR) is 30.9 cm³/mol. The topological polar surface area (TPSA) is 107 Å². The first-order chi connectivity index (χ1) is 4.46. The van der Waals surface area contributed by atoms with E-state index in [9.17, 15) is 4.79 Å². The van der Waals surface area contributed by atoms with Gasteiger partial charge in [0.25, 0.3) is 0 Å². The summed E-state index contributed by atoms with van der Waals surface area (Å²) in [5.74, 6) is 3.31. The van der Waals surface area contributed by atoms with Crippen LogP contribution >= 0.6 is 0 Å². The van der Waals surface area contributed by atoms with Gasteiger partial charge in [0.15, 0.2) is 6.04 Å². The number of hydroxylamine groups is 1. The highest BCUT2D eigenvalue weighted by atomic mass is 16.5. The van der Waals surface area contributed by atoms with Crippen LogP contribution in [0.2, 0.25) is 0 Å². The molecule has 0 unspecified atom stereocenters. The molecule has 0 fully saturated rings. The Morgan fingerprint density at radius 2 is 2.10 bits per heavy atom. The van der Waals surface area contributed by atoms with E-state index in [4.69, 9.17) is 15.4 Å². The summed E-state index contributed by atoms with van der Waals surface area (Å²) >= 11 is 0. The van der Waals surface area contributed by atoms with Gasteiger partial charge in [-0.25, -0.2) is 5.84 Å². The Morgan fingerprint density at radius 1 is 1.70 bits per heavy atom. The Labute approximate surface area is 57.4 Å². The van der Waals surface area contributed by atoms with E-state index in [1.807, 2.05) is 0 Å². The molecule has 0 bridgehead atoms. The normalized spacial score (nSPS) is 16.9. The molecule has 0 aromatic heterocycles. The third-order valence-corrected chi connectivity index (χ3v) is 0.995. The number of hydrogen-bond acceptors (Lipinski definition) is 5. The first kappa shape index (κ1) is 9.31. The Kier molecular flexibility index (Phi) is 3.23. The molecule has 0 spiro atoms. The zero-order valence-corrected chi connectivity index (χ0v) is 5.43. The minimum Gasteiger partial charge on any atom is -0.480 e. The fraction of sp³-hybridized carbons (Fsp3) is 0.750. The van der Waals surface area contributed by atoms with Crippen LogP contribution in [0.15, 0.2) is 0 Å². The van der Waals surface area contributed by atoms with E-state index in [2.05, 4.69) is 5.84 Å². The van der Waals surface area contributed by atoms with Gasteiger partial charge in [-0.3, -0.25) is 10.0 Å². The van der Waals surface area contributed by atoms with E-state index in [0.29, 0.717) is 0 Å². The SMILES string of the molecule is C[C@@H](O)[C@@H](C(=O)O)N(N)O. The average molecular weight is 150 g/mol. The van der Waals surface area contributed by atoms with Crippen LogP contribution in [0.4, 0.5) is 0 Å². The Hall–Kier alpha value is -0.690. The molecule has 0 aliphatic carbocycles. The van der Waals surface area contributed by atoms with Crippen LogP contribution < -0.4 is 5.84 Å². The minimum absolute atomic E-state index is 0.0347. The minimum atomic E-state index is -1.47. The zero-order valence-electron chi connectivity index (χ0n) is 5.43. The van der Waals surface area contributed by atoms with Crippen molar-refractivity contribution in [3.63, 3.8) is 0 Å². The summed E-state index contributed by atoms with van der Waals surface area (Å²) in [5.41, 5.74) is 0. The third kappa shape index (κ3) is 2.28. The number of aliphatic carboxylic acids is 1. The molecule has 60 valence electrons. The number of carboxylic acid groups (broad SMARTS) is 1. The second-order valence-corrected chi connectivity index (χ2v) is 1.90. The van der Waals surface area contributed by atoms with E-state index in [0.717, 1.165) is 0 Å². The van der Waals surface area contributed by atoms with Crippen molar-refractivity contribution in [3.05, 3.63) is 0 Å². The number of hydrogen-bond donors (Lipinski definition) is 4. The van der Waals surface area contributed by atoms with Gasteiger partial charge in [0.05, 0.1) is 6.10 Å². The van der Waals surface area contributed by atoms with Crippen molar-refractivity contribution >= 4 is 5.97 Å². The smallest absolute Gasteiger partial charge is 0.327 e. The molecule has 0 radical (unpaired) electrons. The molecule has 0 aliphatic rings. The summed E-state index contributed by atoms with van der Waals surface area (Å²) in [6.45, 7) is 1.22. The summed E-state index contributed by atoms with van der Waals surface area (Å²) < 4.78 is 0. The number of rotatable bonds is 3. The largest absolute Gasteiger partial charge is 0.480 e. The van der Waals surface area contributed by atoms with Crippen LogP contribution in [0.25, 0.3) is 0 Å². The monoisotopic (exact) mass is 150 g/mol. The maximum Gasteiger partial charge on any atom is 0.327 e. The van der Waals surface area contributed by atoms with E-state index < -0.39 is 18.1 Å². The van der Waals surface area contributed by atoms with Crippen molar-refractivity contribution in [2.45, 2.75) is 19.1 Å². The van der Waals surface area contributed by atoms with Gasteiger partial charge in [-0.05, 0) is 6.92 Å². The average Bonchev–Trinajstić information content (AvgIpc) is 1.59. The first-order valence-electron chi connectivity index (χ1n) is 2.60. The van der Waals surface area contributed by atoms with Gasteiger partial charge < -0.3 is 10.2 Å². The van der Waals surface area contributed by atoms with Crippen LogP contribution in [0.5, 0.6) is 0 Å². The number of nitrogens with two attached hydrogens (primary N) is 1. The number of aliphatic hydroxyl groups excluding tert-OH is 1. The fourth-order valence-electron chi connectivity index (χ4n) is 0.541. The third-order valence-electron chi connectivity index (χ3n) is 0.995. The molecule has 0 saturated heterocycles. The Morgan fingerprint density at radius 3 is 2.10 bits per heavy atom. The van der Waals surface area contributed by atoms with Gasteiger partial charge in [0.2, 0.25) is 0 Å². The molecular weight excluding hydrogens is 140 g/mol. The van der Waals surface area contributed by atoms with Crippen LogP contribution in [0, 0.1) is 0 Å². The summed E-state index contributed by atoms with van der Waals surface area (Å²) in [4.78, 5) is 10.1. The summed E-state index contributed by atoms with van der Waals surface area (Å²) in [6.07, 6.45) is -1.22. The van der Waals surface area contributed by atoms with Gasteiger partial charge >= 0.3 is 5.97 Å². The predicted octanol–water partition coefficient (Wildman–Crippen LogP) is -1.61. The summed E-state index contributed by atoms with van der Waals surface area (Å²) in [5, 5.41) is 25.4. The number of hydrazine groups is 1. The molecule has 0 aromatic carbocycles. The van der Waals surface area contributed by atoms with Crippen molar-refractivity contribution in [3.8, 4) is 0 Å². The second kappa shape index (κ2) is 3.47. The summed E-state index contributed by atoms with van der Waals surface area (Å²) in [6, 6.07) is -1.47. The second-order valence-electron chi connectivity index (χ2n) is 1.90. The molecule has 10 heavy (non-hydrogen) atoms. The summed E-state index contributed by atoms with van der Waals surface area (Å²) in [7, 11) is 0. The molecular formula is C4H10N2O4. The van der Waals surface area contributed by atoms with Gasteiger partial charge in [-0.1, -0.05) is 0 Å². The van der Waals surface area contributed by atoms with Crippen LogP contribution in [0.1, 0.15) is 6.92 Å². The van der Waals surface area contributed by atoms with E-state index in [1.54, 1.807) is 0 Å². The quantitative estimate of drug-likeness (QED) is 0.284. The molecule has 5 N–H and O–H groups in total. The molecule has 0 aromatic rings. The number of nitrogens with zero attached hydrogens (tertiary/aromatic N) is 1. The number of carboxylic acids is 1. The number of carbonyl (C=O) groups is 1. The highest BCUT2D eigenvalue weighted by molar-refractivity contribution is 5.73. The highest BCUT2D eigenvalue weighted by Crippen LogP contribution is 1.96. The lowest BCUT2D eigenvalue weighted by molar-refractivity contribution is -0.183. The van der Waals surface area contributed by atoms with Crippen LogP contribution in [-0.2, 0) is 4.79 Å². The van der Waals surface area contributed by atoms with Gasteiger partial charge in [-0.2, -0.15) is 0 Å². The van der Waals surface area contributed by atoms with Crippen molar-refractivity contribution in [2.75, 3.05) is 0 Å². The van der Waals surface area contributed by atoms with Crippen LogP contribution in [0.3, 0.4) is 0 Å². The molecule has 0 heterocycles. The lowest BCUT2D eigenvalue weighted by Crippen LogP contribution is -2.49. The fourth-order valence-corrected chi connectivity index (χ4v) is 0.541. The molecule has 0 amide bonds. The maximum atomic E-state index is 10.1. The lowest BCUT2D eigenvalue weighted by atomic mass is 10.2. The number of aliphatic hydroxyl groups is 1. The molecule has 0 saturated carbocycles. The zero-order chi connectivity index (χ0) is 8.31. The van der Waals surface area contributed by atoms with Gasteiger partial charge in [0.1, 0.15) is 0 Å². The maximum absolute atomic E-state index is 10.1. The highest BCUT2D eigenvalue weighted by Gasteiger charge is 2.27. The van der Waals surface area contributed by atoms with E-state index in [-0.39, 0.29) is 5.17 Å². The van der Waals surface area contributed by atoms with E-state index in [1.165, 1.54) is 6.92 Å². The lowest BCUT2D eigenvalue weighted by Gasteiger charge is -2.19. The molecule has 6 nitrogen and oxygen atoms in total. The van der Waals surface area contributed by atoms with Crippen molar-refractivity contribution in [2.24, 2.45) is 5.84 Å². The molecule has 2 atom stereocenters. The van der Waals surface area contributed by atoms with Gasteiger partial charge in [-0.15, -0.1) is 5.17 Å². The molecule has 0 rings (SSSR count). The van der Waals surface area contributed by atoms with Crippen LogP contribution in [-0.4, -0.2) is 38.7 Å². The molecule has 0 aliphatic heterocycles. The molecule has 6 heteroatoms. The standard InChI is InChI=1S/C4H10N2O4/c1-2(7)3(4(8)9)6(5)10/h2-3,7,10H,5H2,1H3,(H,8,9)/t2-,3+/m1/s1. The van der Waals surface area contributed by atoms with E-state index >= 15 is 0 Å².